The summed E-state index contributed by atoms with van der Waals surface area (Å²) in [6, 6.07) is 0.625. The summed E-state index contributed by atoms with van der Waals surface area (Å²) in [6.45, 7) is 7.69. The monoisotopic (exact) mass is 290 g/mol. The normalized spacial score (nSPS) is 26.9. The van der Waals surface area contributed by atoms with Crippen LogP contribution in [0.5, 0.6) is 0 Å². The van der Waals surface area contributed by atoms with Gasteiger partial charge in [-0.3, -0.25) is 9.69 Å². The van der Waals surface area contributed by atoms with Crippen molar-refractivity contribution in [3.05, 3.63) is 0 Å². The van der Waals surface area contributed by atoms with Gasteiger partial charge in [0.1, 0.15) is 0 Å². The fourth-order valence-corrected chi connectivity index (χ4v) is 3.36. The van der Waals surface area contributed by atoms with Gasteiger partial charge in [0, 0.05) is 12.6 Å². The highest BCUT2D eigenvalue weighted by Crippen LogP contribution is 2.24. The van der Waals surface area contributed by atoms with E-state index in [4.69, 9.17) is 5.11 Å². The molecule has 0 spiro atoms. The van der Waals surface area contributed by atoms with Crippen molar-refractivity contribution in [3.63, 3.8) is 0 Å². The molecule has 0 aromatic carbocycles. The molecule has 0 aromatic rings. The molecule has 5 heteroatoms. The lowest BCUT2D eigenvalue weighted by Crippen LogP contribution is -2.49. The van der Waals surface area contributed by atoms with E-state index in [1.807, 2.05) is 0 Å². The predicted molar refractivity (Wildman–Crippen MR) is 78.9 cm³/mol. The minimum atomic E-state index is -0.608. The van der Waals surface area contributed by atoms with Gasteiger partial charge in [0.2, 0.25) is 0 Å². The van der Waals surface area contributed by atoms with E-state index in [-0.39, 0.29) is 18.3 Å². The molecular weight excluding hydrogens is 264 g/mol. The first kappa shape index (κ1) is 16.7. The van der Waals surface area contributed by atoms with Gasteiger partial charge < -0.3 is 10.0 Å². The predicted octanol–water partition coefficient (Wildman–Crippen LogP) is 2.08. The Morgan fingerprint density at radius 2 is 1.89 bits per heavy atom. The maximum atomic E-state index is 11.1. The van der Waals surface area contributed by atoms with Crippen molar-refractivity contribution in [2.75, 3.05) is 32.7 Å². The number of hydrogen-bond donors (Lipinski definition) is 1. The Morgan fingerprint density at radius 3 is 2.47 bits per heavy atom. The number of hydrogen-bond acceptors (Lipinski definition) is 3. The van der Waals surface area contributed by atoms with Crippen LogP contribution in [-0.4, -0.2) is 59.6 Å². The third-order valence-electron chi connectivity index (χ3n) is 4.42. The molecule has 1 unspecified atom stereocenters. The highest BCUT2D eigenvalue weighted by atomic mass is 35.5. The molecule has 0 aromatic heterocycles. The van der Waals surface area contributed by atoms with Crippen LogP contribution in [0.4, 0.5) is 0 Å². The first-order chi connectivity index (χ1) is 8.70. The van der Waals surface area contributed by atoms with Crippen molar-refractivity contribution in [2.45, 2.75) is 45.1 Å². The minimum Gasteiger partial charge on any atom is -0.481 e. The molecule has 1 atom stereocenters. The molecule has 2 saturated heterocycles. The van der Waals surface area contributed by atoms with Crippen molar-refractivity contribution in [1.29, 1.82) is 0 Å². The highest BCUT2D eigenvalue weighted by molar-refractivity contribution is 5.85. The van der Waals surface area contributed by atoms with Gasteiger partial charge in [0.05, 0.1) is 5.92 Å². The summed E-state index contributed by atoms with van der Waals surface area (Å²) < 4.78 is 0. The second-order valence-electron chi connectivity index (χ2n) is 5.75. The molecule has 4 nitrogen and oxygen atoms in total. The highest BCUT2D eigenvalue weighted by Gasteiger charge is 2.31. The second kappa shape index (κ2) is 8.08. The molecular formula is C14H27ClN2O2. The van der Waals surface area contributed by atoms with Gasteiger partial charge in [0.15, 0.2) is 0 Å². The molecule has 2 rings (SSSR count). The molecule has 2 aliphatic rings. The molecule has 0 amide bonds. The van der Waals surface area contributed by atoms with Gasteiger partial charge in [-0.25, -0.2) is 0 Å². The SMILES string of the molecule is CCCN1CCC(N2CCCC(C(=O)O)C2)CC1.Cl. The molecule has 0 saturated carbocycles. The van der Waals surface area contributed by atoms with Crippen LogP contribution < -0.4 is 0 Å². The third-order valence-corrected chi connectivity index (χ3v) is 4.42. The van der Waals surface area contributed by atoms with Crippen LogP contribution >= 0.6 is 12.4 Å². The first-order valence-electron chi connectivity index (χ1n) is 7.40. The van der Waals surface area contributed by atoms with E-state index in [0.717, 1.165) is 25.9 Å². The molecule has 0 bridgehead atoms. The summed E-state index contributed by atoms with van der Waals surface area (Å²) in [5.41, 5.74) is 0. The Kier molecular flexibility index (Phi) is 7.11. The van der Waals surface area contributed by atoms with Crippen LogP contribution in [0.3, 0.4) is 0 Å². The number of carbonyl (C=O) groups is 1. The Balaban J connectivity index is 0.00000180. The maximum Gasteiger partial charge on any atom is 0.307 e. The van der Waals surface area contributed by atoms with Crippen molar-refractivity contribution in [3.8, 4) is 0 Å². The molecule has 0 aliphatic carbocycles. The summed E-state index contributed by atoms with van der Waals surface area (Å²) in [6.07, 6.45) is 5.57. The average molecular weight is 291 g/mol. The number of likely N-dealkylation sites (tertiary alicyclic amines) is 2. The molecule has 2 aliphatic heterocycles. The van der Waals surface area contributed by atoms with Gasteiger partial charge >= 0.3 is 5.97 Å². The number of carboxylic acids is 1. The van der Waals surface area contributed by atoms with Gasteiger partial charge in [-0.1, -0.05) is 6.92 Å². The van der Waals surface area contributed by atoms with E-state index < -0.39 is 5.97 Å². The fraction of sp³-hybridized carbons (Fsp3) is 0.929. The molecule has 1 N–H and O–H groups in total. The summed E-state index contributed by atoms with van der Waals surface area (Å²) in [4.78, 5) is 16.1. The smallest absolute Gasteiger partial charge is 0.307 e. The van der Waals surface area contributed by atoms with Crippen molar-refractivity contribution >= 4 is 18.4 Å². The van der Waals surface area contributed by atoms with E-state index in [2.05, 4.69) is 16.7 Å². The van der Waals surface area contributed by atoms with Crippen LogP contribution in [0.25, 0.3) is 0 Å². The Labute approximate surface area is 122 Å². The Hall–Kier alpha value is -0.320. The standard InChI is InChI=1S/C14H26N2O2.ClH/c1-2-7-15-9-5-13(6-10-15)16-8-3-4-12(11-16)14(17)18;/h12-13H,2-11H2,1H3,(H,17,18);1H. The molecule has 2 heterocycles. The van der Waals surface area contributed by atoms with Crippen LogP contribution in [0.1, 0.15) is 39.0 Å². The van der Waals surface area contributed by atoms with Crippen molar-refractivity contribution < 1.29 is 9.90 Å². The largest absolute Gasteiger partial charge is 0.481 e. The zero-order valence-corrected chi connectivity index (χ0v) is 12.7. The topological polar surface area (TPSA) is 43.8 Å². The van der Waals surface area contributed by atoms with E-state index in [1.54, 1.807) is 0 Å². The van der Waals surface area contributed by atoms with Crippen LogP contribution in [0, 0.1) is 5.92 Å². The zero-order chi connectivity index (χ0) is 13.0. The fourth-order valence-electron chi connectivity index (χ4n) is 3.36. The molecule has 2 fully saturated rings. The second-order valence-corrected chi connectivity index (χ2v) is 5.75. The number of halogens is 1. The minimum absolute atomic E-state index is 0. The number of piperidine rings is 2. The number of carboxylic acid groups (broad SMARTS) is 1. The quantitative estimate of drug-likeness (QED) is 0.861. The lowest BCUT2D eigenvalue weighted by molar-refractivity contribution is -0.144. The zero-order valence-electron chi connectivity index (χ0n) is 11.9. The summed E-state index contributed by atoms with van der Waals surface area (Å²) in [7, 11) is 0. The van der Waals surface area contributed by atoms with Crippen molar-refractivity contribution in [2.24, 2.45) is 5.92 Å². The van der Waals surface area contributed by atoms with Crippen molar-refractivity contribution in [1.82, 2.24) is 9.80 Å². The number of aliphatic carboxylic acids is 1. The number of nitrogens with zero attached hydrogens (tertiary/aromatic N) is 2. The molecule has 112 valence electrons. The van der Waals surface area contributed by atoms with Gasteiger partial charge in [-0.2, -0.15) is 0 Å². The first-order valence-corrected chi connectivity index (χ1v) is 7.40. The van der Waals surface area contributed by atoms with E-state index in [0.29, 0.717) is 6.04 Å². The lowest BCUT2D eigenvalue weighted by Gasteiger charge is -2.41. The maximum absolute atomic E-state index is 11.1. The molecule has 0 radical (unpaired) electrons. The Morgan fingerprint density at radius 1 is 1.21 bits per heavy atom. The van der Waals surface area contributed by atoms with E-state index in [1.165, 1.54) is 38.9 Å². The van der Waals surface area contributed by atoms with Crippen LogP contribution in [0.2, 0.25) is 0 Å². The third kappa shape index (κ3) is 4.62. The summed E-state index contributed by atoms with van der Waals surface area (Å²) in [5.74, 6) is -0.740. The van der Waals surface area contributed by atoms with Crippen LogP contribution in [-0.2, 0) is 4.79 Å². The van der Waals surface area contributed by atoms with Crippen LogP contribution in [0.15, 0.2) is 0 Å². The van der Waals surface area contributed by atoms with Gasteiger partial charge in [0.25, 0.3) is 0 Å². The van der Waals surface area contributed by atoms with Gasteiger partial charge in [-0.05, 0) is 58.3 Å². The lowest BCUT2D eigenvalue weighted by atomic mass is 9.94. The molecule has 19 heavy (non-hydrogen) atoms. The Bertz CT molecular complexity index is 281. The number of rotatable bonds is 4. The summed E-state index contributed by atoms with van der Waals surface area (Å²) >= 11 is 0. The van der Waals surface area contributed by atoms with Gasteiger partial charge in [-0.15, -0.1) is 12.4 Å². The summed E-state index contributed by atoms with van der Waals surface area (Å²) in [5, 5.41) is 9.13. The van der Waals surface area contributed by atoms with E-state index in [9.17, 15) is 4.79 Å². The average Bonchev–Trinajstić information content (AvgIpc) is 2.40. The van der Waals surface area contributed by atoms with E-state index >= 15 is 0 Å².